The zero-order valence-electron chi connectivity index (χ0n) is 13.2. The summed E-state index contributed by atoms with van der Waals surface area (Å²) in [7, 11) is 3.26. The third-order valence-electron chi connectivity index (χ3n) is 3.48. The fourth-order valence-corrected chi connectivity index (χ4v) is 2.19. The zero-order chi connectivity index (χ0) is 15.9. The van der Waals surface area contributed by atoms with Crippen LogP contribution in [0.3, 0.4) is 0 Å². The molecule has 0 saturated carbocycles. The Hall–Kier alpha value is -2.49. The van der Waals surface area contributed by atoms with Crippen LogP contribution in [-0.4, -0.2) is 26.7 Å². The van der Waals surface area contributed by atoms with Gasteiger partial charge in [-0.3, -0.25) is 4.79 Å². The Balaban J connectivity index is 1.95. The molecule has 0 aliphatic heterocycles. The zero-order valence-corrected chi connectivity index (χ0v) is 13.2. The van der Waals surface area contributed by atoms with E-state index in [9.17, 15) is 4.79 Å². The highest BCUT2D eigenvalue weighted by Gasteiger charge is 2.07. The van der Waals surface area contributed by atoms with Crippen molar-refractivity contribution in [1.29, 1.82) is 0 Å². The maximum atomic E-state index is 12.1. The number of aryl methyl sites for hydroxylation is 1. The van der Waals surface area contributed by atoms with E-state index < -0.39 is 0 Å². The first-order chi connectivity index (χ1) is 10.6. The van der Waals surface area contributed by atoms with Crippen LogP contribution >= 0.6 is 0 Å². The Kier molecular flexibility index (Phi) is 5.42. The Morgan fingerprint density at radius 2 is 1.77 bits per heavy atom. The van der Waals surface area contributed by atoms with Crippen molar-refractivity contribution in [2.24, 2.45) is 0 Å². The lowest BCUT2D eigenvalue weighted by atomic mass is 10.1. The lowest BCUT2D eigenvalue weighted by Crippen LogP contribution is -2.25. The Labute approximate surface area is 131 Å². The molecule has 1 amide bonds. The number of hydrogen-bond acceptors (Lipinski definition) is 3. The topological polar surface area (TPSA) is 47.6 Å². The average molecular weight is 299 g/mol. The van der Waals surface area contributed by atoms with Gasteiger partial charge in [-0.15, -0.1) is 0 Å². The monoisotopic (exact) mass is 299 g/mol. The SMILES string of the molecule is COc1ccc(OC)c(CCNC(=O)c2ccc(C)cc2)c1. The Morgan fingerprint density at radius 3 is 2.41 bits per heavy atom. The van der Waals surface area contributed by atoms with Crippen molar-refractivity contribution in [2.75, 3.05) is 20.8 Å². The van der Waals surface area contributed by atoms with E-state index in [1.165, 1.54) is 0 Å². The van der Waals surface area contributed by atoms with Crippen LogP contribution in [0.15, 0.2) is 42.5 Å². The molecule has 116 valence electrons. The van der Waals surface area contributed by atoms with Gasteiger partial charge in [-0.2, -0.15) is 0 Å². The molecule has 0 radical (unpaired) electrons. The van der Waals surface area contributed by atoms with E-state index in [1.54, 1.807) is 14.2 Å². The number of carbonyl (C=O) groups excluding carboxylic acids is 1. The van der Waals surface area contributed by atoms with Crippen molar-refractivity contribution >= 4 is 5.91 Å². The summed E-state index contributed by atoms with van der Waals surface area (Å²) in [5.74, 6) is 1.51. The van der Waals surface area contributed by atoms with Crippen molar-refractivity contribution in [1.82, 2.24) is 5.32 Å². The lowest BCUT2D eigenvalue weighted by Gasteiger charge is -2.11. The normalized spacial score (nSPS) is 10.1. The van der Waals surface area contributed by atoms with Gasteiger partial charge < -0.3 is 14.8 Å². The lowest BCUT2D eigenvalue weighted by molar-refractivity contribution is 0.0954. The van der Waals surface area contributed by atoms with Crippen LogP contribution in [-0.2, 0) is 6.42 Å². The van der Waals surface area contributed by atoms with Gasteiger partial charge in [0.25, 0.3) is 5.91 Å². The highest BCUT2D eigenvalue weighted by Crippen LogP contribution is 2.24. The number of ether oxygens (including phenoxy) is 2. The number of hydrogen-bond donors (Lipinski definition) is 1. The predicted octanol–water partition coefficient (Wildman–Crippen LogP) is 2.98. The van der Waals surface area contributed by atoms with E-state index in [0.717, 1.165) is 22.6 Å². The number of amides is 1. The minimum Gasteiger partial charge on any atom is -0.497 e. The van der Waals surface area contributed by atoms with Gasteiger partial charge in [-0.25, -0.2) is 0 Å². The first-order valence-corrected chi connectivity index (χ1v) is 7.20. The van der Waals surface area contributed by atoms with E-state index in [2.05, 4.69) is 5.32 Å². The summed E-state index contributed by atoms with van der Waals surface area (Å²) in [6, 6.07) is 13.2. The van der Waals surface area contributed by atoms with E-state index in [0.29, 0.717) is 18.5 Å². The maximum absolute atomic E-state index is 12.1. The molecule has 0 atom stereocenters. The second-order valence-electron chi connectivity index (χ2n) is 5.05. The third kappa shape index (κ3) is 4.01. The summed E-state index contributed by atoms with van der Waals surface area (Å²) < 4.78 is 10.6. The molecule has 22 heavy (non-hydrogen) atoms. The summed E-state index contributed by atoms with van der Waals surface area (Å²) in [5.41, 5.74) is 2.81. The predicted molar refractivity (Wildman–Crippen MR) is 86.8 cm³/mol. The van der Waals surface area contributed by atoms with E-state index in [1.807, 2.05) is 49.4 Å². The number of carbonyl (C=O) groups is 1. The molecule has 2 aromatic carbocycles. The summed E-state index contributed by atoms with van der Waals surface area (Å²) in [5, 5.41) is 2.92. The molecule has 0 fully saturated rings. The fraction of sp³-hybridized carbons (Fsp3) is 0.278. The molecule has 0 bridgehead atoms. The third-order valence-corrected chi connectivity index (χ3v) is 3.48. The van der Waals surface area contributed by atoms with Gasteiger partial charge >= 0.3 is 0 Å². The standard InChI is InChI=1S/C18H21NO3/c1-13-4-6-14(7-5-13)18(20)19-11-10-15-12-16(21-2)8-9-17(15)22-3/h4-9,12H,10-11H2,1-3H3,(H,19,20). The summed E-state index contributed by atoms with van der Waals surface area (Å²) in [4.78, 5) is 12.1. The summed E-state index contributed by atoms with van der Waals surface area (Å²) in [6.45, 7) is 2.53. The molecule has 0 unspecified atom stereocenters. The highest BCUT2D eigenvalue weighted by atomic mass is 16.5. The van der Waals surface area contributed by atoms with Gasteiger partial charge in [0.05, 0.1) is 14.2 Å². The van der Waals surface area contributed by atoms with Gasteiger partial charge in [0, 0.05) is 12.1 Å². The molecule has 0 aromatic heterocycles. The Bertz CT molecular complexity index is 635. The van der Waals surface area contributed by atoms with E-state index in [4.69, 9.17) is 9.47 Å². The molecule has 4 nitrogen and oxygen atoms in total. The number of nitrogens with one attached hydrogen (secondary N) is 1. The van der Waals surface area contributed by atoms with Crippen LogP contribution in [0.1, 0.15) is 21.5 Å². The molecule has 1 N–H and O–H groups in total. The van der Waals surface area contributed by atoms with E-state index in [-0.39, 0.29) is 5.91 Å². The molecule has 4 heteroatoms. The van der Waals surface area contributed by atoms with Gasteiger partial charge in [0.1, 0.15) is 11.5 Å². The molecular weight excluding hydrogens is 278 g/mol. The number of rotatable bonds is 6. The van der Waals surface area contributed by atoms with Crippen LogP contribution < -0.4 is 14.8 Å². The molecule has 0 aliphatic rings. The maximum Gasteiger partial charge on any atom is 0.251 e. The average Bonchev–Trinajstić information content (AvgIpc) is 2.55. The number of methoxy groups -OCH3 is 2. The largest absolute Gasteiger partial charge is 0.497 e. The highest BCUT2D eigenvalue weighted by molar-refractivity contribution is 5.94. The van der Waals surface area contributed by atoms with Crippen molar-refractivity contribution in [3.8, 4) is 11.5 Å². The first kappa shape index (κ1) is 15.9. The van der Waals surface area contributed by atoms with Crippen LogP contribution in [0.5, 0.6) is 11.5 Å². The van der Waals surface area contributed by atoms with Crippen LogP contribution in [0, 0.1) is 6.92 Å². The second kappa shape index (κ2) is 7.50. The molecule has 0 saturated heterocycles. The molecule has 2 rings (SSSR count). The first-order valence-electron chi connectivity index (χ1n) is 7.20. The van der Waals surface area contributed by atoms with Crippen molar-refractivity contribution in [2.45, 2.75) is 13.3 Å². The summed E-state index contributed by atoms with van der Waals surface area (Å²) >= 11 is 0. The quantitative estimate of drug-likeness (QED) is 0.892. The van der Waals surface area contributed by atoms with Crippen LogP contribution in [0.4, 0.5) is 0 Å². The molecule has 0 heterocycles. The fourth-order valence-electron chi connectivity index (χ4n) is 2.19. The molecular formula is C18H21NO3. The van der Waals surface area contributed by atoms with E-state index >= 15 is 0 Å². The molecule has 0 spiro atoms. The van der Waals surface area contributed by atoms with Crippen molar-refractivity contribution in [3.05, 3.63) is 59.2 Å². The number of benzene rings is 2. The van der Waals surface area contributed by atoms with Crippen LogP contribution in [0.25, 0.3) is 0 Å². The second-order valence-corrected chi connectivity index (χ2v) is 5.05. The van der Waals surface area contributed by atoms with Crippen molar-refractivity contribution in [3.63, 3.8) is 0 Å². The van der Waals surface area contributed by atoms with Crippen molar-refractivity contribution < 1.29 is 14.3 Å². The van der Waals surface area contributed by atoms with Gasteiger partial charge in [0.2, 0.25) is 0 Å². The minimum absolute atomic E-state index is 0.0677. The smallest absolute Gasteiger partial charge is 0.251 e. The Morgan fingerprint density at radius 1 is 1.05 bits per heavy atom. The molecule has 2 aromatic rings. The van der Waals surface area contributed by atoms with Gasteiger partial charge in [-0.1, -0.05) is 17.7 Å². The van der Waals surface area contributed by atoms with Gasteiger partial charge in [-0.05, 0) is 49.2 Å². The summed E-state index contributed by atoms with van der Waals surface area (Å²) in [6.07, 6.45) is 0.679. The minimum atomic E-state index is -0.0677. The van der Waals surface area contributed by atoms with Crippen LogP contribution in [0.2, 0.25) is 0 Å². The van der Waals surface area contributed by atoms with Gasteiger partial charge in [0.15, 0.2) is 0 Å². The molecule has 0 aliphatic carbocycles.